The highest BCUT2D eigenvalue weighted by atomic mass is 32.1. The summed E-state index contributed by atoms with van der Waals surface area (Å²) < 4.78 is 9.57. The van der Waals surface area contributed by atoms with Gasteiger partial charge in [-0.3, -0.25) is 9.89 Å². The summed E-state index contributed by atoms with van der Waals surface area (Å²) in [6, 6.07) is 11.7. The van der Waals surface area contributed by atoms with Crippen molar-refractivity contribution < 1.29 is 9.53 Å². The van der Waals surface area contributed by atoms with Gasteiger partial charge in [-0.1, -0.05) is 0 Å². The van der Waals surface area contributed by atoms with Crippen LogP contribution in [0.25, 0.3) is 11.8 Å². The van der Waals surface area contributed by atoms with Crippen molar-refractivity contribution in [1.29, 1.82) is 5.26 Å². The first-order valence-electron chi connectivity index (χ1n) is 9.77. The number of carbonyl (C=O) groups is 1. The summed E-state index contributed by atoms with van der Waals surface area (Å²) in [5.41, 5.74) is 3.71. The molecule has 0 aliphatic heterocycles. The molecule has 1 aromatic carbocycles. The minimum atomic E-state index is -0.465. The molecule has 31 heavy (non-hydrogen) atoms. The van der Waals surface area contributed by atoms with Gasteiger partial charge in [-0.25, -0.2) is 0 Å². The second-order valence-corrected chi connectivity index (χ2v) is 7.29. The number of aromatic nitrogens is 4. The van der Waals surface area contributed by atoms with E-state index in [1.54, 1.807) is 17.8 Å². The van der Waals surface area contributed by atoms with Gasteiger partial charge in [-0.2, -0.15) is 10.4 Å². The minimum absolute atomic E-state index is 0.0205. The van der Waals surface area contributed by atoms with Gasteiger partial charge in [0.05, 0.1) is 13.7 Å². The molecule has 0 aliphatic rings. The first kappa shape index (κ1) is 22.1. The number of hydrogen-bond donors (Lipinski definition) is 2. The van der Waals surface area contributed by atoms with Crippen LogP contribution in [0, 0.1) is 29.9 Å². The molecule has 0 saturated carbocycles. The van der Waals surface area contributed by atoms with Crippen LogP contribution in [0.1, 0.15) is 29.7 Å². The Morgan fingerprint density at radius 1 is 1.35 bits per heavy atom. The molecule has 0 saturated heterocycles. The molecule has 3 rings (SSSR count). The summed E-state index contributed by atoms with van der Waals surface area (Å²) in [5.74, 6) is 0.920. The fourth-order valence-electron chi connectivity index (χ4n) is 3.43. The smallest absolute Gasteiger partial charge is 0.262 e. The lowest BCUT2D eigenvalue weighted by atomic mass is 10.1. The number of aryl methyl sites for hydroxylation is 1. The summed E-state index contributed by atoms with van der Waals surface area (Å²) in [6.07, 6.45) is 1.61. The van der Waals surface area contributed by atoms with Crippen molar-refractivity contribution in [3.63, 3.8) is 0 Å². The number of aromatic amines is 1. The molecule has 2 heterocycles. The van der Waals surface area contributed by atoms with Crippen LogP contribution in [0.2, 0.25) is 0 Å². The molecule has 0 bridgehead atoms. The van der Waals surface area contributed by atoms with E-state index in [0.717, 1.165) is 28.4 Å². The quantitative estimate of drug-likeness (QED) is 0.335. The second-order valence-electron chi connectivity index (χ2n) is 6.90. The van der Waals surface area contributed by atoms with E-state index < -0.39 is 5.91 Å². The Hall–Kier alpha value is -3.64. The van der Waals surface area contributed by atoms with E-state index in [-0.39, 0.29) is 12.1 Å². The number of nitrogens with zero attached hydrogens (tertiary/aromatic N) is 4. The average molecular weight is 437 g/mol. The number of nitrogens with one attached hydrogen (secondary N) is 2. The molecule has 0 atom stereocenters. The van der Waals surface area contributed by atoms with Gasteiger partial charge in [0.25, 0.3) is 5.91 Å². The summed E-state index contributed by atoms with van der Waals surface area (Å²) >= 11 is 5.16. The molecular weight excluding hydrogens is 412 g/mol. The molecule has 8 nitrogen and oxygen atoms in total. The van der Waals surface area contributed by atoms with Crippen LogP contribution < -0.4 is 10.1 Å². The van der Waals surface area contributed by atoms with Crippen LogP contribution in [0.5, 0.6) is 5.75 Å². The van der Waals surface area contributed by atoms with Crippen molar-refractivity contribution in [2.75, 3.05) is 7.11 Å². The number of methoxy groups -OCH3 is 1. The Labute approximate surface area is 185 Å². The Balaban J connectivity index is 1.84. The normalized spacial score (nSPS) is 11.3. The highest BCUT2D eigenvalue weighted by Gasteiger charge is 2.15. The van der Waals surface area contributed by atoms with Gasteiger partial charge >= 0.3 is 0 Å². The number of ether oxygens (including phenoxy) is 1. The fourth-order valence-corrected chi connectivity index (χ4v) is 3.71. The monoisotopic (exact) mass is 436 g/mol. The number of amides is 1. The van der Waals surface area contributed by atoms with E-state index in [4.69, 9.17) is 17.0 Å². The summed E-state index contributed by atoms with van der Waals surface area (Å²) in [4.78, 5) is 12.6. The number of nitriles is 1. The van der Waals surface area contributed by atoms with Crippen molar-refractivity contribution in [3.05, 3.63) is 63.5 Å². The molecule has 160 valence electrons. The lowest BCUT2D eigenvalue weighted by molar-refractivity contribution is -0.117. The van der Waals surface area contributed by atoms with E-state index in [1.165, 1.54) is 0 Å². The molecule has 2 N–H and O–H groups in total. The van der Waals surface area contributed by atoms with Crippen LogP contribution in [0.3, 0.4) is 0 Å². The summed E-state index contributed by atoms with van der Waals surface area (Å²) in [5, 5.41) is 19.1. The van der Waals surface area contributed by atoms with Crippen molar-refractivity contribution in [2.45, 2.75) is 33.9 Å². The van der Waals surface area contributed by atoms with E-state index in [1.807, 2.05) is 57.2 Å². The van der Waals surface area contributed by atoms with Crippen molar-refractivity contribution in [1.82, 2.24) is 24.6 Å². The highest BCUT2D eigenvalue weighted by Crippen LogP contribution is 2.24. The molecule has 0 fully saturated rings. The van der Waals surface area contributed by atoms with E-state index >= 15 is 0 Å². The highest BCUT2D eigenvalue weighted by molar-refractivity contribution is 7.71. The number of rotatable bonds is 7. The van der Waals surface area contributed by atoms with Crippen LogP contribution in [-0.4, -0.2) is 32.3 Å². The zero-order chi connectivity index (χ0) is 22.5. The van der Waals surface area contributed by atoms with Crippen LogP contribution in [-0.2, 0) is 17.9 Å². The Morgan fingerprint density at radius 3 is 2.68 bits per heavy atom. The first-order valence-corrected chi connectivity index (χ1v) is 10.2. The van der Waals surface area contributed by atoms with Gasteiger partial charge in [-0.05, 0) is 75.0 Å². The topological polar surface area (TPSA) is 101 Å². The summed E-state index contributed by atoms with van der Waals surface area (Å²) in [6.45, 7) is 6.68. The van der Waals surface area contributed by atoms with Crippen LogP contribution in [0.4, 0.5) is 0 Å². The van der Waals surface area contributed by atoms with Gasteiger partial charge in [0, 0.05) is 23.6 Å². The standard InChI is InChI=1S/C22H24N6O2S/c1-5-27-20(25-26-22(27)31)13-24-21(29)17(12-23)11-16-10-14(2)28(15(16)3)18-6-8-19(30-4)9-7-18/h6-11H,5,13H2,1-4H3,(H,24,29)(H,26,31)/b17-11-. The second kappa shape index (κ2) is 9.45. The lowest BCUT2D eigenvalue weighted by Gasteiger charge is -2.10. The number of H-pyrrole nitrogens is 1. The van der Waals surface area contributed by atoms with Gasteiger partial charge in [0.2, 0.25) is 0 Å². The maximum Gasteiger partial charge on any atom is 0.262 e. The predicted octanol–water partition coefficient (Wildman–Crippen LogP) is 3.60. The fraction of sp³-hybridized carbons (Fsp3) is 0.273. The largest absolute Gasteiger partial charge is 0.497 e. The van der Waals surface area contributed by atoms with E-state index in [9.17, 15) is 10.1 Å². The molecule has 0 aliphatic carbocycles. The van der Waals surface area contributed by atoms with E-state index in [2.05, 4.69) is 20.1 Å². The Bertz CT molecular complexity index is 1220. The first-order chi connectivity index (χ1) is 14.9. The Kier molecular flexibility index (Phi) is 6.72. The molecule has 2 aromatic heterocycles. The number of carbonyl (C=O) groups excluding carboxylic acids is 1. The lowest BCUT2D eigenvalue weighted by Crippen LogP contribution is -2.25. The van der Waals surface area contributed by atoms with Crippen molar-refractivity contribution in [3.8, 4) is 17.5 Å². The van der Waals surface area contributed by atoms with Gasteiger partial charge < -0.3 is 19.2 Å². The predicted molar refractivity (Wildman–Crippen MR) is 120 cm³/mol. The zero-order valence-electron chi connectivity index (χ0n) is 17.9. The van der Waals surface area contributed by atoms with Crippen molar-refractivity contribution >= 4 is 24.2 Å². The van der Waals surface area contributed by atoms with Crippen LogP contribution >= 0.6 is 12.2 Å². The number of benzene rings is 1. The Morgan fingerprint density at radius 2 is 2.06 bits per heavy atom. The summed E-state index contributed by atoms with van der Waals surface area (Å²) in [7, 11) is 1.63. The third kappa shape index (κ3) is 4.59. The molecule has 0 spiro atoms. The van der Waals surface area contributed by atoms with Gasteiger partial charge in [0.15, 0.2) is 10.6 Å². The average Bonchev–Trinajstić information content (AvgIpc) is 3.27. The van der Waals surface area contributed by atoms with Gasteiger partial charge in [-0.15, -0.1) is 0 Å². The third-order valence-electron chi connectivity index (χ3n) is 5.03. The van der Waals surface area contributed by atoms with Gasteiger partial charge in [0.1, 0.15) is 17.4 Å². The maximum absolute atomic E-state index is 12.6. The van der Waals surface area contributed by atoms with Crippen molar-refractivity contribution in [2.24, 2.45) is 0 Å². The molecule has 0 radical (unpaired) electrons. The molecule has 3 aromatic rings. The zero-order valence-corrected chi connectivity index (χ0v) is 18.7. The maximum atomic E-state index is 12.6. The minimum Gasteiger partial charge on any atom is -0.497 e. The van der Waals surface area contributed by atoms with Crippen LogP contribution in [0.15, 0.2) is 35.9 Å². The number of hydrogen-bond acceptors (Lipinski definition) is 5. The molecule has 1 amide bonds. The SMILES string of the molecule is CCn1c(CNC(=O)/C(C#N)=C\c2cc(C)n(-c3ccc(OC)cc3)c2C)n[nH]c1=S. The molecule has 0 unspecified atom stereocenters. The molecular formula is C22H24N6O2S. The van der Waals surface area contributed by atoms with E-state index in [0.29, 0.717) is 17.1 Å². The molecule has 9 heteroatoms. The third-order valence-corrected chi connectivity index (χ3v) is 5.34.